The Hall–Kier alpha value is -2.04. The zero-order valence-electron chi connectivity index (χ0n) is 16.5. The lowest BCUT2D eigenvalue weighted by molar-refractivity contribution is -0.113. The standard InChI is InChI=1S/C19H25F2N5O2S/c1-13(2)10-26-17(11-25-5-7-28-8-6-25)23-24-19(26)29-12-18(27)22-16-4-3-14(20)9-15(16)21/h3-4,9,13H,5-8,10-12H2,1-2H3,(H,22,27). The number of carbonyl (C=O) groups is 1. The molecule has 0 radical (unpaired) electrons. The van der Waals surface area contributed by atoms with Gasteiger partial charge in [-0.3, -0.25) is 9.69 Å². The number of ether oxygens (including phenoxy) is 1. The molecule has 1 fully saturated rings. The van der Waals surface area contributed by atoms with E-state index in [0.717, 1.165) is 37.6 Å². The maximum atomic E-state index is 13.7. The number of amides is 1. The van der Waals surface area contributed by atoms with Gasteiger partial charge >= 0.3 is 0 Å². The number of aromatic nitrogens is 3. The normalized spacial score (nSPS) is 15.1. The van der Waals surface area contributed by atoms with Crippen molar-refractivity contribution in [1.29, 1.82) is 0 Å². The molecule has 29 heavy (non-hydrogen) atoms. The third-order valence-electron chi connectivity index (χ3n) is 4.35. The maximum Gasteiger partial charge on any atom is 0.234 e. The summed E-state index contributed by atoms with van der Waals surface area (Å²) in [5.74, 6) is -0.605. The number of anilines is 1. The van der Waals surface area contributed by atoms with Crippen molar-refractivity contribution in [2.45, 2.75) is 32.1 Å². The van der Waals surface area contributed by atoms with E-state index in [0.29, 0.717) is 30.8 Å². The summed E-state index contributed by atoms with van der Waals surface area (Å²) < 4.78 is 34.1. The number of nitrogens with zero attached hydrogens (tertiary/aromatic N) is 4. The second-order valence-corrected chi connectivity index (χ2v) is 8.20. The maximum absolute atomic E-state index is 13.7. The van der Waals surface area contributed by atoms with Crippen LogP contribution >= 0.6 is 11.8 Å². The highest BCUT2D eigenvalue weighted by Gasteiger charge is 2.19. The highest BCUT2D eigenvalue weighted by molar-refractivity contribution is 7.99. The molecule has 158 valence electrons. The predicted molar refractivity (Wildman–Crippen MR) is 107 cm³/mol. The van der Waals surface area contributed by atoms with Crippen molar-refractivity contribution in [3.05, 3.63) is 35.7 Å². The van der Waals surface area contributed by atoms with Gasteiger partial charge in [-0.15, -0.1) is 10.2 Å². The predicted octanol–water partition coefficient (Wildman–Crippen LogP) is 2.78. The Morgan fingerprint density at radius 3 is 2.72 bits per heavy atom. The number of hydrogen-bond acceptors (Lipinski definition) is 6. The Bertz CT molecular complexity index is 840. The van der Waals surface area contributed by atoms with Crippen molar-refractivity contribution < 1.29 is 18.3 Å². The van der Waals surface area contributed by atoms with E-state index in [9.17, 15) is 13.6 Å². The fourth-order valence-electron chi connectivity index (χ4n) is 2.96. The molecule has 2 heterocycles. The average Bonchev–Trinajstić information content (AvgIpc) is 3.04. The van der Waals surface area contributed by atoms with Gasteiger partial charge < -0.3 is 14.6 Å². The highest BCUT2D eigenvalue weighted by Crippen LogP contribution is 2.21. The first kappa shape index (κ1) is 21.7. The minimum Gasteiger partial charge on any atom is -0.379 e. The number of morpholine rings is 1. The first-order chi connectivity index (χ1) is 13.9. The summed E-state index contributed by atoms with van der Waals surface area (Å²) in [6.07, 6.45) is 0. The minimum atomic E-state index is -0.806. The Labute approximate surface area is 172 Å². The largest absolute Gasteiger partial charge is 0.379 e. The molecule has 1 saturated heterocycles. The van der Waals surface area contributed by atoms with E-state index in [1.807, 2.05) is 4.57 Å². The number of halogens is 2. The molecule has 1 aliphatic rings. The van der Waals surface area contributed by atoms with Crippen molar-refractivity contribution in [2.75, 3.05) is 37.4 Å². The minimum absolute atomic E-state index is 0.0462. The van der Waals surface area contributed by atoms with Crippen LogP contribution in [0.1, 0.15) is 19.7 Å². The molecule has 1 N–H and O–H groups in total. The fraction of sp³-hybridized carbons (Fsp3) is 0.526. The van der Waals surface area contributed by atoms with Crippen molar-refractivity contribution in [1.82, 2.24) is 19.7 Å². The van der Waals surface area contributed by atoms with Gasteiger partial charge in [-0.25, -0.2) is 8.78 Å². The summed E-state index contributed by atoms with van der Waals surface area (Å²) in [4.78, 5) is 14.5. The van der Waals surface area contributed by atoms with Crippen molar-refractivity contribution in [3.63, 3.8) is 0 Å². The van der Waals surface area contributed by atoms with Crippen LogP contribution in [0.3, 0.4) is 0 Å². The molecule has 3 rings (SSSR count). The van der Waals surface area contributed by atoms with Gasteiger partial charge in [-0.05, 0) is 18.1 Å². The quantitative estimate of drug-likeness (QED) is 0.656. The lowest BCUT2D eigenvalue weighted by atomic mass is 10.2. The molecule has 0 atom stereocenters. The summed E-state index contributed by atoms with van der Waals surface area (Å²) in [5, 5.41) is 11.7. The molecule has 2 aromatic rings. The first-order valence-electron chi connectivity index (χ1n) is 9.52. The second-order valence-electron chi connectivity index (χ2n) is 7.25. The summed E-state index contributed by atoms with van der Waals surface area (Å²) >= 11 is 1.25. The number of hydrogen-bond donors (Lipinski definition) is 1. The van der Waals surface area contributed by atoms with Crippen LogP contribution < -0.4 is 5.32 Å². The van der Waals surface area contributed by atoms with Crippen LogP contribution in [-0.2, 0) is 22.6 Å². The molecule has 10 heteroatoms. The van der Waals surface area contributed by atoms with Crippen LogP contribution in [0.15, 0.2) is 23.4 Å². The van der Waals surface area contributed by atoms with E-state index in [1.54, 1.807) is 0 Å². The SMILES string of the molecule is CC(C)Cn1c(CN2CCOCC2)nnc1SCC(=O)Nc1ccc(F)cc1F. The third-order valence-corrected chi connectivity index (χ3v) is 5.31. The smallest absolute Gasteiger partial charge is 0.234 e. The Kier molecular flexibility index (Phi) is 7.57. The molecule has 0 saturated carbocycles. The van der Waals surface area contributed by atoms with E-state index in [-0.39, 0.29) is 11.4 Å². The zero-order chi connectivity index (χ0) is 20.8. The van der Waals surface area contributed by atoms with E-state index in [2.05, 4.69) is 34.3 Å². The van der Waals surface area contributed by atoms with Gasteiger partial charge in [0, 0.05) is 25.7 Å². The molecular formula is C19H25F2N5O2S. The van der Waals surface area contributed by atoms with Crippen LogP contribution in [-0.4, -0.2) is 57.6 Å². The number of nitrogens with one attached hydrogen (secondary N) is 1. The molecule has 7 nitrogen and oxygen atoms in total. The number of rotatable bonds is 8. The molecule has 1 aliphatic heterocycles. The molecule has 0 bridgehead atoms. The molecule has 1 aromatic heterocycles. The van der Waals surface area contributed by atoms with Gasteiger partial charge in [-0.1, -0.05) is 25.6 Å². The molecule has 0 spiro atoms. The van der Waals surface area contributed by atoms with Crippen LogP contribution in [0.4, 0.5) is 14.5 Å². The monoisotopic (exact) mass is 425 g/mol. The van der Waals surface area contributed by atoms with E-state index < -0.39 is 17.5 Å². The molecule has 0 aliphatic carbocycles. The van der Waals surface area contributed by atoms with E-state index in [4.69, 9.17) is 4.74 Å². The average molecular weight is 426 g/mol. The van der Waals surface area contributed by atoms with Crippen LogP contribution in [0.2, 0.25) is 0 Å². The summed E-state index contributed by atoms with van der Waals surface area (Å²) in [5.41, 5.74) is -0.0475. The molecular weight excluding hydrogens is 400 g/mol. The van der Waals surface area contributed by atoms with Crippen molar-refractivity contribution >= 4 is 23.4 Å². The summed E-state index contributed by atoms with van der Waals surface area (Å²) in [6.45, 7) is 8.75. The lowest BCUT2D eigenvalue weighted by Crippen LogP contribution is -2.36. The number of thioether (sulfide) groups is 1. The fourth-order valence-corrected chi connectivity index (χ4v) is 3.72. The van der Waals surface area contributed by atoms with Crippen LogP contribution in [0, 0.1) is 17.6 Å². The summed E-state index contributed by atoms with van der Waals surface area (Å²) in [7, 11) is 0. The topological polar surface area (TPSA) is 72.3 Å². The van der Waals surface area contributed by atoms with Gasteiger partial charge in [0.15, 0.2) is 5.16 Å². The number of benzene rings is 1. The number of carbonyl (C=O) groups excluding carboxylic acids is 1. The van der Waals surface area contributed by atoms with Gasteiger partial charge in [-0.2, -0.15) is 0 Å². The van der Waals surface area contributed by atoms with Crippen LogP contribution in [0.5, 0.6) is 0 Å². The van der Waals surface area contributed by atoms with Gasteiger partial charge in [0.1, 0.15) is 17.5 Å². The summed E-state index contributed by atoms with van der Waals surface area (Å²) in [6, 6.07) is 3.04. The van der Waals surface area contributed by atoms with Crippen molar-refractivity contribution in [3.8, 4) is 0 Å². The highest BCUT2D eigenvalue weighted by atomic mass is 32.2. The molecule has 1 aromatic carbocycles. The Morgan fingerprint density at radius 2 is 2.03 bits per heavy atom. The zero-order valence-corrected chi connectivity index (χ0v) is 17.3. The van der Waals surface area contributed by atoms with E-state index in [1.165, 1.54) is 17.8 Å². The third kappa shape index (κ3) is 6.22. The van der Waals surface area contributed by atoms with Gasteiger partial charge in [0.05, 0.1) is 31.2 Å². The molecule has 1 amide bonds. The van der Waals surface area contributed by atoms with Gasteiger partial charge in [0.25, 0.3) is 0 Å². The Balaban J connectivity index is 1.63. The first-order valence-corrected chi connectivity index (χ1v) is 10.5. The Morgan fingerprint density at radius 1 is 1.28 bits per heavy atom. The van der Waals surface area contributed by atoms with Gasteiger partial charge in [0.2, 0.25) is 5.91 Å². The van der Waals surface area contributed by atoms with Crippen LogP contribution in [0.25, 0.3) is 0 Å². The van der Waals surface area contributed by atoms with Crippen molar-refractivity contribution in [2.24, 2.45) is 5.92 Å². The molecule has 0 unspecified atom stereocenters. The lowest BCUT2D eigenvalue weighted by Gasteiger charge is -2.26. The second kappa shape index (κ2) is 10.1. The van der Waals surface area contributed by atoms with E-state index >= 15 is 0 Å².